The summed E-state index contributed by atoms with van der Waals surface area (Å²) in [5, 5.41) is 13.3. The van der Waals surface area contributed by atoms with Gasteiger partial charge in [0, 0.05) is 24.9 Å². The van der Waals surface area contributed by atoms with Gasteiger partial charge in [-0.1, -0.05) is 11.5 Å². The van der Waals surface area contributed by atoms with Crippen LogP contribution in [0.3, 0.4) is 0 Å². The fraction of sp³-hybridized carbons (Fsp3) is 0.375. The molecule has 0 amide bonds. The van der Waals surface area contributed by atoms with Gasteiger partial charge in [-0.2, -0.15) is 0 Å². The summed E-state index contributed by atoms with van der Waals surface area (Å²) in [6.45, 7) is 2.16. The zero-order valence-corrected chi connectivity index (χ0v) is 17.7. The zero-order valence-electron chi connectivity index (χ0n) is 16.0. The van der Waals surface area contributed by atoms with E-state index in [1.54, 1.807) is 0 Å². The highest BCUT2D eigenvalue weighted by atomic mass is 32.2. The molecule has 1 aliphatic rings. The van der Waals surface area contributed by atoms with E-state index in [9.17, 15) is 18.1 Å². The minimum atomic E-state index is -3.99. The van der Waals surface area contributed by atoms with Crippen LogP contribution in [0.2, 0.25) is 0 Å². The van der Waals surface area contributed by atoms with Gasteiger partial charge >= 0.3 is 0 Å². The van der Waals surface area contributed by atoms with E-state index in [0.717, 1.165) is 16.5 Å². The van der Waals surface area contributed by atoms with Crippen molar-refractivity contribution in [1.82, 2.24) is 13.1 Å². The lowest BCUT2D eigenvalue weighted by atomic mass is 9.95. The van der Waals surface area contributed by atoms with Crippen LogP contribution in [0.1, 0.15) is 13.3 Å². The molecule has 10 nitrogen and oxygen atoms in total. The van der Waals surface area contributed by atoms with Crippen LogP contribution in [-0.2, 0) is 14.8 Å². The molecular formula is C16H20BN5O5S2. The molecule has 2 aromatic rings. The molecular weight excluding hydrogens is 417 g/mol. The Hall–Kier alpha value is -2.35. The number of phenolic OH excluding ortho intramolecular Hbond substituents is 1. The molecule has 0 saturated heterocycles. The lowest BCUT2D eigenvalue weighted by Gasteiger charge is -2.17. The molecule has 1 aromatic heterocycles. The summed E-state index contributed by atoms with van der Waals surface area (Å²) in [5.74, 6) is 0.350. The van der Waals surface area contributed by atoms with Crippen LogP contribution in [-0.4, -0.2) is 65.7 Å². The highest BCUT2D eigenvalue weighted by molar-refractivity contribution is 7.89. The summed E-state index contributed by atoms with van der Waals surface area (Å²) in [4.78, 5) is 3.91. The van der Waals surface area contributed by atoms with Crippen molar-refractivity contribution in [3.05, 3.63) is 29.5 Å². The molecule has 1 aliphatic heterocycles. The fourth-order valence-corrected chi connectivity index (χ4v) is 4.46. The molecule has 2 unspecified atom stereocenters. The normalized spacial score (nSPS) is 18.1. The van der Waals surface area contributed by atoms with E-state index in [0.29, 0.717) is 6.54 Å². The summed E-state index contributed by atoms with van der Waals surface area (Å²) in [5.41, 5.74) is 0.137. The maximum absolute atomic E-state index is 12.5. The third-order valence-electron chi connectivity index (χ3n) is 4.21. The Morgan fingerprint density at radius 1 is 1.52 bits per heavy atom. The Kier molecular flexibility index (Phi) is 6.03. The summed E-state index contributed by atoms with van der Waals surface area (Å²) in [6, 6.07) is 2.74. The number of sulfonamides is 1. The molecule has 154 valence electrons. The highest BCUT2D eigenvalue weighted by Crippen LogP contribution is 2.32. The zero-order chi connectivity index (χ0) is 21.3. The van der Waals surface area contributed by atoms with Crippen LogP contribution in [0.5, 0.6) is 5.75 Å². The first-order chi connectivity index (χ1) is 13.6. The molecule has 0 bridgehead atoms. The van der Waals surface area contributed by atoms with Crippen molar-refractivity contribution < 1.29 is 22.8 Å². The number of hydrogen-bond acceptors (Lipinski definition) is 8. The number of hydrogen-bond donors (Lipinski definition) is 3. The van der Waals surface area contributed by atoms with E-state index in [4.69, 9.17) is 12.6 Å². The fourth-order valence-electron chi connectivity index (χ4n) is 2.70. The van der Waals surface area contributed by atoms with Crippen molar-refractivity contribution in [2.75, 3.05) is 26.0 Å². The number of aromatic hydroxyl groups is 1. The Morgan fingerprint density at radius 2 is 2.24 bits per heavy atom. The van der Waals surface area contributed by atoms with Gasteiger partial charge < -0.3 is 19.7 Å². The van der Waals surface area contributed by atoms with E-state index >= 15 is 0 Å². The van der Waals surface area contributed by atoms with Crippen molar-refractivity contribution in [2.24, 2.45) is 4.99 Å². The molecule has 2 radical (unpaired) electrons. The second kappa shape index (κ2) is 8.18. The van der Waals surface area contributed by atoms with E-state index in [2.05, 4.69) is 19.1 Å². The van der Waals surface area contributed by atoms with Crippen molar-refractivity contribution in [2.45, 2.75) is 24.3 Å². The van der Waals surface area contributed by atoms with Gasteiger partial charge in [0.25, 0.3) is 0 Å². The van der Waals surface area contributed by atoms with Gasteiger partial charge in [-0.05, 0) is 19.1 Å². The first kappa shape index (κ1) is 21.4. The molecule has 2 atom stereocenters. The Balaban J connectivity index is 1.94. The number of aromatic nitrogens is 2. The molecule has 3 N–H and O–H groups in total. The molecule has 3 rings (SSSR count). The van der Waals surface area contributed by atoms with Crippen molar-refractivity contribution in [3.8, 4) is 5.75 Å². The van der Waals surface area contributed by atoms with Gasteiger partial charge in [0.05, 0.1) is 18.0 Å². The molecule has 1 aromatic carbocycles. The number of aromatic amines is 1. The predicted octanol–water partition coefficient (Wildman–Crippen LogP) is 0.224. The average molecular weight is 437 g/mol. The maximum Gasteiger partial charge on any atom is 0.245 e. The van der Waals surface area contributed by atoms with Crippen LogP contribution in [0.15, 0.2) is 33.9 Å². The SMILES string of the molecule is [B]c1ccc(Nc2n[s+]([O-])[nH]c2=NCC2CC=C(C)O2)c(O)c1S(=O)(=O)N(C)C. The van der Waals surface area contributed by atoms with Gasteiger partial charge in [-0.25, -0.2) is 12.7 Å². The van der Waals surface area contributed by atoms with Crippen LogP contribution >= 0.6 is 11.1 Å². The number of rotatable bonds is 6. The average Bonchev–Trinajstić information content (AvgIpc) is 3.20. The summed E-state index contributed by atoms with van der Waals surface area (Å²) >= 11 is -1.75. The standard InChI is InChI=1S/C16H20BN5O5S2/c1-9-4-5-10(27-9)8-18-15-16(21-28(24)20-15)19-12-7-6-11(17)14(13(12)23)29(25,26)22(2)3/h4,6-7,10,23H,5,8H2,1-3H3,(H,18,20)(H,19,21). The number of benzene rings is 1. The van der Waals surface area contributed by atoms with Gasteiger partial charge in [0.1, 0.15) is 18.8 Å². The van der Waals surface area contributed by atoms with Crippen molar-refractivity contribution >= 4 is 46.0 Å². The van der Waals surface area contributed by atoms with Crippen LogP contribution in [0.25, 0.3) is 0 Å². The number of phenols is 1. The molecule has 2 heterocycles. The van der Waals surface area contributed by atoms with Crippen LogP contribution < -0.4 is 16.3 Å². The molecule has 0 aliphatic carbocycles. The quantitative estimate of drug-likeness (QED) is 0.333. The lowest BCUT2D eigenvalue weighted by Crippen LogP contribution is -2.28. The number of ether oxygens (including phenoxy) is 1. The molecule has 13 heteroatoms. The molecule has 0 saturated carbocycles. The van der Waals surface area contributed by atoms with Crippen molar-refractivity contribution in [3.63, 3.8) is 0 Å². The topological polar surface area (TPSA) is 143 Å². The number of anilines is 2. The van der Waals surface area contributed by atoms with Gasteiger partial charge in [-0.15, -0.1) is 4.37 Å². The molecule has 0 spiro atoms. The minimum absolute atomic E-state index is 0.0291. The van der Waals surface area contributed by atoms with Gasteiger partial charge in [-0.3, -0.25) is 4.99 Å². The molecule has 0 fully saturated rings. The summed E-state index contributed by atoms with van der Waals surface area (Å²) in [6.07, 6.45) is 2.55. The second-order valence-corrected chi connectivity index (χ2v) is 9.54. The van der Waals surface area contributed by atoms with E-state index < -0.39 is 31.8 Å². The van der Waals surface area contributed by atoms with Crippen molar-refractivity contribution in [1.29, 1.82) is 0 Å². The smallest absolute Gasteiger partial charge is 0.245 e. The lowest BCUT2D eigenvalue weighted by molar-refractivity contribution is 0.151. The summed E-state index contributed by atoms with van der Waals surface area (Å²) < 4.78 is 49.8. The van der Waals surface area contributed by atoms with Crippen LogP contribution in [0, 0.1) is 0 Å². The Labute approximate surface area is 172 Å². The first-order valence-corrected chi connectivity index (χ1v) is 11.1. The van der Waals surface area contributed by atoms with Crippen LogP contribution in [0.4, 0.5) is 11.5 Å². The predicted molar refractivity (Wildman–Crippen MR) is 109 cm³/mol. The number of nitrogens with zero attached hydrogens (tertiary/aromatic N) is 3. The monoisotopic (exact) mass is 437 g/mol. The Bertz CT molecular complexity index is 1120. The van der Waals surface area contributed by atoms with Gasteiger partial charge in [0.15, 0.2) is 16.9 Å². The number of nitrogens with one attached hydrogen (secondary N) is 2. The van der Waals surface area contributed by atoms with E-state index in [-0.39, 0.29) is 28.6 Å². The third-order valence-corrected chi connectivity index (χ3v) is 6.83. The molecule has 29 heavy (non-hydrogen) atoms. The van der Waals surface area contributed by atoms with Gasteiger partial charge in [0.2, 0.25) is 21.3 Å². The highest BCUT2D eigenvalue weighted by Gasteiger charge is 2.26. The van der Waals surface area contributed by atoms with E-state index in [1.165, 1.54) is 26.2 Å². The largest absolute Gasteiger partial charge is 0.548 e. The van der Waals surface area contributed by atoms with E-state index in [1.807, 2.05) is 13.0 Å². The maximum atomic E-state index is 12.5. The minimum Gasteiger partial charge on any atom is -0.548 e. The number of H-pyrrole nitrogens is 1. The number of allylic oxidation sites excluding steroid dienone is 1. The first-order valence-electron chi connectivity index (χ1n) is 8.56. The third kappa shape index (κ3) is 4.47. The Morgan fingerprint density at radius 3 is 2.86 bits per heavy atom. The summed E-state index contributed by atoms with van der Waals surface area (Å²) in [7, 11) is 4.43. The second-order valence-electron chi connectivity index (χ2n) is 6.56.